The summed E-state index contributed by atoms with van der Waals surface area (Å²) in [7, 11) is -3.30. The summed E-state index contributed by atoms with van der Waals surface area (Å²) in [6.07, 6.45) is 3.44. The predicted molar refractivity (Wildman–Crippen MR) is 74.6 cm³/mol. The molecule has 1 aromatic heterocycles. The second-order valence-electron chi connectivity index (χ2n) is 4.51. The smallest absolute Gasteiger partial charge is 0.180 e. The number of aromatic nitrogens is 2. The average Bonchev–Trinajstić information content (AvgIpc) is 2.76. The van der Waals surface area contributed by atoms with E-state index in [1.165, 1.54) is 0 Å². The summed E-state index contributed by atoms with van der Waals surface area (Å²) >= 11 is 0. The van der Waals surface area contributed by atoms with Gasteiger partial charge < -0.3 is 10.3 Å². The Morgan fingerprint density at radius 2 is 2.05 bits per heavy atom. The van der Waals surface area contributed by atoms with Gasteiger partial charge in [-0.1, -0.05) is 0 Å². The Morgan fingerprint density at radius 3 is 2.63 bits per heavy atom. The van der Waals surface area contributed by atoms with Crippen molar-refractivity contribution in [3.05, 3.63) is 42.0 Å². The zero-order valence-electron chi connectivity index (χ0n) is 11.0. The van der Waals surface area contributed by atoms with E-state index in [4.69, 9.17) is 5.73 Å². The highest BCUT2D eigenvalue weighted by Crippen LogP contribution is 2.18. The maximum absolute atomic E-state index is 12.2. The van der Waals surface area contributed by atoms with Gasteiger partial charge in [0.05, 0.1) is 10.6 Å². The van der Waals surface area contributed by atoms with Crippen LogP contribution in [-0.4, -0.2) is 23.7 Å². The third-order valence-corrected chi connectivity index (χ3v) is 4.82. The molecule has 2 aromatic rings. The van der Waals surface area contributed by atoms with Gasteiger partial charge in [-0.25, -0.2) is 13.4 Å². The lowest BCUT2D eigenvalue weighted by molar-refractivity contribution is 0.587. The van der Waals surface area contributed by atoms with Crippen LogP contribution < -0.4 is 5.73 Å². The average molecular weight is 279 g/mol. The summed E-state index contributed by atoms with van der Waals surface area (Å²) in [5.41, 5.74) is 7.07. The van der Waals surface area contributed by atoms with Crippen LogP contribution in [0.1, 0.15) is 11.4 Å². The molecule has 102 valence electrons. The number of hydrogen-bond acceptors (Lipinski definition) is 4. The van der Waals surface area contributed by atoms with Crippen LogP contribution in [0.15, 0.2) is 35.5 Å². The van der Waals surface area contributed by atoms with E-state index in [-0.39, 0.29) is 5.75 Å². The largest absolute Gasteiger partial charge is 0.399 e. The first-order valence-electron chi connectivity index (χ1n) is 5.97. The summed E-state index contributed by atoms with van der Waals surface area (Å²) in [5.74, 6) is 0.858. The molecule has 0 radical (unpaired) electrons. The van der Waals surface area contributed by atoms with Gasteiger partial charge in [0.25, 0.3) is 0 Å². The highest BCUT2D eigenvalue weighted by molar-refractivity contribution is 7.91. The monoisotopic (exact) mass is 279 g/mol. The van der Waals surface area contributed by atoms with Crippen molar-refractivity contribution in [2.45, 2.75) is 25.3 Å². The molecule has 0 aliphatic carbocycles. The van der Waals surface area contributed by atoms with E-state index in [0.717, 1.165) is 11.4 Å². The number of rotatable bonds is 4. The number of aryl methyl sites for hydroxylation is 3. The maximum atomic E-state index is 12.2. The molecule has 1 heterocycles. The minimum Gasteiger partial charge on any atom is -0.399 e. The number of anilines is 1. The van der Waals surface area contributed by atoms with Crippen molar-refractivity contribution < 1.29 is 8.42 Å². The normalized spacial score (nSPS) is 11.7. The Labute approximate surface area is 113 Å². The van der Waals surface area contributed by atoms with Gasteiger partial charge in [0.2, 0.25) is 0 Å². The molecular formula is C13H17N3O2S. The first kappa shape index (κ1) is 13.6. The molecular weight excluding hydrogens is 262 g/mol. The molecule has 0 bridgehead atoms. The van der Waals surface area contributed by atoms with Gasteiger partial charge in [-0.2, -0.15) is 0 Å². The topological polar surface area (TPSA) is 78.0 Å². The van der Waals surface area contributed by atoms with E-state index >= 15 is 0 Å². The van der Waals surface area contributed by atoms with Crippen LogP contribution >= 0.6 is 0 Å². The zero-order chi connectivity index (χ0) is 14.0. The van der Waals surface area contributed by atoms with Crippen LogP contribution in [0.25, 0.3) is 0 Å². The van der Waals surface area contributed by atoms with E-state index in [2.05, 4.69) is 4.98 Å². The molecule has 19 heavy (non-hydrogen) atoms. The Balaban J connectivity index is 2.18. The third kappa shape index (κ3) is 2.96. The first-order valence-corrected chi connectivity index (χ1v) is 7.62. The Morgan fingerprint density at radius 1 is 1.32 bits per heavy atom. The van der Waals surface area contributed by atoms with Crippen LogP contribution in [-0.2, 0) is 16.4 Å². The Bertz CT molecular complexity index is 690. The standard InChI is InChI=1S/C13H17N3O2S/c1-10-9-12(3-4-13(10)14)19(17,18)8-7-16-6-5-15-11(16)2/h3-6,9H,7-8,14H2,1-2H3. The van der Waals surface area contributed by atoms with Crippen LogP contribution in [0.2, 0.25) is 0 Å². The maximum Gasteiger partial charge on any atom is 0.180 e. The molecule has 0 aliphatic rings. The fourth-order valence-corrected chi connectivity index (χ4v) is 3.12. The van der Waals surface area contributed by atoms with E-state index in [1.54, 1.807) is 37.5 Å². The van der Waals surface area contributed by atoms with Crippen molar-refractivity contribution in [1.29, 1.82) is 0 Å². The predicted octanol–water partition coefficient (Wildman–Crippen LogP) is 1.56. The number of hydrogen-bond donors (Lipinski definition) is 1. The van der Waals surface area contributed by atoms with Gasteiger partial charge in [-0.15, -0.1) is 0 Å². The van der Waals surface area contributed by atoms with Crippen molar-refractivity contribution in [2.75, 3.05) is 11.5 Å². The van der Waals surface area contributed by atoms with Crippen molar-refractivity contribution in [1.82, 2.24) is 9.55 Å². The van der Waals surface area contributed by atoms with Gasteiger partial charge in [-0.3, -0.25) is 0 Å². The molecule has 1 aromatic carbocycles. The third-order valence-electron chi connectivity index (χ3n) is 3.12. The molecule has 6 heteroatoms. The van der Waals surface area contributed by atoms with Gasteiger partial charge in [0.15, 0.2) is 9.84 Å². The van der Waals surface area contributed by atoms with E-state index < -0.39 is 9.84 Å². The van der Waals surface area contributed by atoms with E-state index in [1.807, 2.05) is 11.5 Å². The number of benzene rings is 1. The summed E-state index contributed by atoms with van der Waals surface area (Å²) < 4.78 is 26.3. The van der Waals surface area contributed by atoms with E-state index in [9.17, 15) is 8.42 Å². The van der Waals surface area contributed by atoms with E-state index in [0.29, 0.717) is 17.1 Å². The van der Waals surface area contributed by atoms with Gasteiger partial charge in [0.1, 0.15) is 5.82 Å². The molecule has 2 N–H and O–H groups in total. The van der Waals surface area contributed by atoms with Gasteiger partial charge in [-0.05, 0) is 37.6 Å². The molecule has 0 fully saturated rings. The van der Waals surface area contributed by atoms with Crippen molar-refractivity contribution >= 4 is 15.5 Å². The van der Waals surface area contributed by atoms with Crippen molar-refractivity contribution in [2.24, 2.45) is 0 Å². The fraction of sp³-hybridized carbons (Fsp3) is 0.308. The summed E-state index contributed by atoms with van der Waals surface area (Å²) in [6.45, 7) is 4.05. The molecule has 0 spiro atoms. The Hall–Kier alpha value is -1.82. The van der Waals surface area contributed by atoms with Crippen LogP contribution in [0, 0.1) is 13.8 Å². The summed E-state index contributed by atoms with van der Waals surface area (Å²) in [5, 5.41) is 0. The van der Waals surface area contributed by atoms with Gasteiger partial charge in [0, 0.05) is 24.6 Å². The molecule has 0 saturated heterocycles. The van der Waals surface area contributed by atoms with Gasteiger partial charge >= 0.3 is 0 Å². The van der Waals surface area contributed by atoms with Crippen LogP contribution in [0.4, 0.5) is 5.69 Å². The minimum atomic E-state index is -3.30. The SMILES string of the molecule is Cc1cc(S(=O)(=O)CCn2ccnc2C)ccc1N. The number of nitrogens with two attached hydrogens (primary N) is 1. The molecule has 5 nitrogen and oxygen atoms in total. The molecule has 0 saturated carbocycles. The molecule has 2 rings (SSSR count). The van der Waals surface area contributed by atoms with Crippen LogP contribution in [0.5, 0.6) is 0 Å². The number of nitrogen functional groups attached to an aromatic ring is 1. The molecule has 0 aliphatic heterocycles. The quantitative estimate of drug-likeness (QED) is 0.861. The minimum absolute atomic E-state index is 0.0492. The lowest BCUT2D eigenvalue weighted by Crippen LogP contribution is -2.14. The summed E-state index contributed by atoms with van der Waals surface area (Å²) in [4.78, 5) is 4.38. The lowest BCUT2D eigenvalue weighted by Gasteiger charge is -2.08. The molecule has 0 unspecified atom stereocenters. The molecule has 0 amide bonds. The first-order chi connectivity index (χ1) is 8.90. The van der Waals surface area contributed by atoms with Crippen molar-refractivity contribution in [3.8, 4) is 0 Å². The highest BCUT2D eigenvalue weighted by atomic mass is 32.2. The Kier molecular flexibility index (Phi) is 3.61. The lowest BCUT2D eigenvalue weighted by atomic mass is 10.2. The number of imidazole rings is 1. The van der Waals surface area contributed by atoms with Crippen molar-refractivity contribution in [3.63, 3.8) is 0 Å². The molecule has 0 atom stereocenters. The number of nitrogens with zero attached hydrogens (tertiary/aromatic N) is 2. The highest BCUT2D eigenvalue weighted by Gasteiger charge is 2.15. The fourth-order valence-electron chi connectivity index (χ4n) is 1.82. The second kappa shape index (κ2) is 5.05. The second-order valence-corrected chi connectivity index (χ2v) is 6.61. The van der Waals surface area contributed by atoms with Crippen LogP contribution in [0.3, 0.4) is 0 Å². The number of sulfone groups is 1. The zero-order valence-corrected chi connectivity index (χ0v) is 11.8. The summed E-state index contributed by atoms with van der Waals surface area (Å²) in [6, 6.07) is 4.80.